The van der Waals surface area contributed by atoms with Gasteiger partial charge in [-0.15, -0.1) is 0 Å². The molecule has 0 aliphatic heterocycles. The first-order chi connectivity index (χ1) is 14.7. The summed E-state index contributed by atoms with van der Waals surface area (Å²) in [7, 11) is 0.0470. The van der Waals surface area contributed by atoms with E-state index in [9.17, 15) is 13.2 Å². The summed E-state index contributed by atoms with van der Waals surface area (Å²) in [6.45, 7) is 4.14. The number of nitrogens with one attached hydrogen (secondary N) is 2. The van der Waals surface area contributed by atoms with Gasteiger partial charge in [-0.2, -0.15) is 0 Å². The van der Waals surface area contributed by atoms with E-state index < -0.39 is 10.0 Å². The number of amides is 1. The molecule has 2 N–H and O–H groups in total. The summed E-state index contributed by atoms with van der Waals surface area (Å²) in [4.78, 5) is 14.6. The molecule has 7 nitrogen and oxygen atoms in total. The van der Waals surface area contributed by atoms with Gasteiger partial charge in [0.15, 0.2) is 0 Å². The first-order valence-electron chi connectivity index (χ1n) is 9.86. The fourth-order valence-electron chi connectivity index (χ4n) is 3.16. The van der Waals surface area contributed by atoms with Crippen molar-refractivity contribution in [2.45, 2.75) is 24.8 Å². The number of carbonyl (C=O) groups excluding carboxylic acids is 1. The minimum absolute atomic E-state index is 0.0895. The van der Waals surface area contributed by atoms with Gasteiger partial charge < -0.3 is 9.73 Å². The van der Waals surface area contributed by atoms with Crippen molar-refractivity contribution in [2.24, 2.45) is 0 Å². The van der Waals surface area contributed by atoms with E-state index in [1.807, 2.05) is 45.0 Å². The van der Waals surface area contributed by atoms with Crippen LogP contribution in [0.5, 0.6) is 0 Å². The molecule has 164 valence electrons. The summed E-state index contributed by atoms with van der Waals surface area (Å²) < 4.78 is 33.5. The van der Waals surface area contributed by atoms with Crippen LogP contribution in [0, 0.1) is 13.8 Å². The van der Waals surface area contributed by atoms with E-state index in [1.54, 1.807) is 24.5 Å². The quantitative estimate of drug-likeness (QED) is 0.556. The van der Waals surface area contributed by atoms with Gasteiger partial charge in [0.05, 0.1) is 22.9 Å². The number of nitrogens with zero attached hydrogens (tertiary/aromatic N) is 1. The number of hydrogen-bond donors (Lipinski definition) is 2. The zero-order valence-electron chi connectivity index (χ0n) is 18.0. The van der Waals surface area contributed by atoms with Gasteiger partial charge in [0.1, 0.15) is 5.76 Å². The van der Waals surface area contributed by atoms with Crippen LogP contribution in [0.1, 0.15) is 33.3 Å². The Balaban J connectivity index is 1.69. The molecule has 0 aliphatic rings. The topological polar surface area (TPSA) is 91.6 Å². The molecular weight excluding hydrogens is 414 g/mol. The van der Waals surface area contributed by atoms with Gasteiger partial charge in [-0.05, 0) is 81.5 Å². The number of likely N-dealkylation sites (N-methyl/N-ethyl adjacent to an activating group) is 1. The molecule has 1 amide bonds. The highest BCUT2D eigenvalue weighted by Crippen LogP contribution is 2.22. The van der Waals surface area contributed by atoms with Gasteiger partial charge in [0.25, 0.3) is 15.9 Å². The average Bonchev–Trinajstić information content (AvgIpc) is 3.25. The second-order valence-corrected chi connectivity index (χ2v) is 9.26. The monoisotopic (exact) mass is 441 g/mol. The molecule has 0 unspecified atom stereocenters. The minimum Gasteiger partial charge on any atom is -0.468 e. The van der Waals surface area contributed by atoms with Gasteiger partial charge in [0.2, 0.25) is 0 Å². The molecule has 1 atom stereocenters. The van der Waals surface area contributed by atoms with Crippen molar-refractivity contribution >= 4 is 21.6 Å². The Labute approximate surface area is 183 Å². The third-order valence-corrected chi connectivity index (χ3v) is 6.61. The molecule has 0 fully saturated rings. The van der Waals surface area contributed by atoms with Crippen molar-refractivity contribution in [3.8, 4) is 0 Å². The molecule has 0 saturated carbocycles. The zero-order chi connectivity index (χ0) is 22.6. The Morgan fingerprint density at radius 3 is 2.35 bits per heavy atom. The van der Waals surface area contributed by atoms with Crippen LogP contribution in [0.4, 0.5) is 5.69 Å². The smallest absolute Gasteiger partial charge is 0.261 e. The Morgan fingerprint density at radius 1 is 1.03 bits per heavy atom. The molecule has 0 radical (unpaired) electrons. The molecule has 8 heteroatoms. The van der Waals surface area contributed by atoms with E-state index in [4.69, 9.17) is 4.42 Å². The number of benzene rings is 2. The van der Waals surface area contributed by atoms with Gasteiger partial charge in [0, 0.05) is 12.1 Å². The van der Waals surface area contributed by atoms with Crippen molar-refractivity contribution in [2.75, 3.05) is 25.4 Å². The van der Waals surface area contributed by atoms with E-state index in [1.165, 1.54) is 24.3 Å². The lowest BCUT2D eigenvalue weighted by atomic mass is 10.1. The van der Waals surface area contributed by atoms with E-state index in [2.05, 4.69) is 10.0 Å². The molecular formula is C23H27N3O4S. The third kappa shape index (κ3) is 5.34. The maximum absolute atomic E-state index is 12.7. The van der Waals surface area contributed by atoms with Crippen LogP contribution in [0.2, 0.25) is 0 Å². The van der Waals surface area contributed by atoms with Crippen LogP contribution in [0.15, 0.2) is 70.2 Å². The van der Waals surface area contributed by atoms with Crippen molar-refractivity contribution in [3.05, 3.63) is 83.3 Å². The summed E-state index contributed by atoms with van der Waals surface area (Å²) in [5.41, 5.74) is 2.78. The number of hydrogen-bond acceptors (Lipinski definition) is 5. The van der Waals surface area contributed by atoms with Crippen molar-refractivity contribution in [3.63, 3.8) is 0 Å². The fourth-order valence-corrected chi connectivity index (χ4v) is 4.28. The van der Waals surface area contributed by atoms with Gasteiger partial charge in [-0.3, -0.25) is 14.4 Å². The highest BCUT2D eigenvalue weighted by molar-refractivity contribution is 7.92. The fraction of sp³-hybridized carbons (Fsp3) is 0.261. The Bertz CT molecular complexity index is 1140. The van der Waals surface area contributed by atoms with E-state index >= 15 is 0 Å². The maximum Gasteiger partial charge on any atom is 0.261 e. The molecule has 0 spiro atoms. The molecule has 31 heavy (non-hydrogen) atoms. The molecule has 0 aliphatic carbocycles. The second kappa shape index (κ2) is 9.36. The Morgan fingerprint density at radius 2 is 1.74 bits per heavy atom. The highest BCUT2D eigenvalue weighted by Gasteiger charge is 2.19. The van der Waals surface area contributed by atoms with Crippen LogP contribution >= 0.6 is 0 Å². The SMILES string of the molecule is Cc1cccc(NS(=O)(=O)c2ccc(C(=O)NC[C@@H](c3ccco3)N(C)C)cc2)c1C. The third-order valence-electron chi connectivity index (χ3n) is 5.23. The number of aryl methyl sites for hydroxylation is 1. The number of rotatable bonds is 8. The van der Waals surface area contributed by atoms with Gasteiger partial charge >= 0.3 is 0 Å². The predicted octanol–water partition coefficient (Wildman–Crippen LogP) is 3.73. The summed E-state index contributed by atoms with van der Waals surface area (Å²) >= 11 is 0. The van der Waals surface area contributed by atoms with Crippen molar-refractivity contribution in [1.29, 1.82) is 0 Å². The van der Waals surface area contributed by atoms with Gasteiger partial charge in [-0.25, -0.2) is 8.42 Å². The van der Waals surface area contributed by atoms with E-state index in [-0.39, 0.29) is 16.8 Å². The summed E-state index contributed by atoms with van der Waals surface area (Å²) in [5, 5.41) is 2.87. The molecule has 1 aromatic heterocycles. The molecule has 3 aromatic rings. The van der Waals surface area contributed by atoms with Crippen LogP contribution in [0.25, 0.3) is 0 Å². The molecule has 2 aromatic carbocycles. The predicted molar refractivity (Wildman–Crippen MR) is 121 cm³/mol. The molecule has 0 saturated heterocycles. The number of anilines is 1. The number of sulfonamides is 1. The normalized spacial score (nSPS) is 12.5. The number of furan rings is 1. The second-order valence-electron chi connectivity index (χ2n) is 7.58. The lowest BCUT2D eigenvalue weighted by molar-refractivity contribution is 0.0939. The largest absolute Gasteiger partial charge is 0.468 e. The van der Waals surface area contributed by atoms with Crippen LogP contribution in [0.3, 0.4) is 0 Å². The van der Waals surface area contributed by atoms with Crippen LogP contribution in [-0.4, -0.2) is 39.9 Å². The minimum atomic E-state index is -3.76. The average molecular weight is 442 g/mol. The van der Waals surface area contributed by atoms with Crippen LogP contribution < -0.4 is 10.0 Å². The highest BCUT2D eigenvalue weighted by atomic mass is 32.2. The number of carbonyl (C=O) groups is 1. The van der Waals surface area contributed by atoms with E-state index in [0.29, 0.717) is 17.8 Å². The Hall–Kier alpha value is -3.10. The molecule has 1 heterocycles. The summed E-state index contributed by atoms with van der Waals surface area (Å²) in [6, 6.07) is 14.9. The van der Waals surface area contributed by atoms with Crippen molar-refractivity contribution < 1.29 is 17.6 Å². The lowest BCUT2D eigenvalue weighted by Crippen LogP contribution is -2.34. The summed E-state index contributed by atoms with van der Waals surface area (Å²) in [5.74, 6) is 0.467. The van der Waals surface area contributed by atoms with E-state index in [0.717, 1.165) is 16.9 Å². The van der Waals surface area contributed by atoms with Crippen LogP contribution in [-0.2, 0) is 10.0 Å². The first-order valence-corrected chi connectivity index (χ1v) is 11.3. The molecule has 3 rings (SSSR count). The maximum atomic E-state index is 12.7. The van der Waals surface area contributed by atoms with Gasteiger partial charge in [-0.1, -0.05) is 12.1 Å². The van der Waals surface area contributed by atoms with Crippen molar-refractivity contribution in [1.82, 2.24) is 10.2 Å². The standard InChI is InChI=1S/C23H27N3O4S/c1-16-7-5-8-20(17(16)2)25-31(28,29)19-12-10-18(11-13-19)23(27)24-15-21(26(3)4)22-9-6-14-30-22/h5-14,21,25H,15H2,1-4H3,(H,24,27)/t21-/m0/s1. The zero-order valence-corrected chi connectivity index (χ0v) is 18.9. The summed E-state index contributed by atoms with van der Waals surface area (Å²) in [6.07, 6.45) is 1.60. The molecule has 0 bridgehead atoms. The first kappa shape index (κ1) is 22.6. The Kier molecular flexibility index (Phi) is 6.82. The lowest BCUT2D eigenvalue weighted by Gasteiger charge is -2.22.